The van der Waals surface area contributed by atoms with Crippen LogP contribution in [0.1, 0.15) is 31.7 Å². The zero-order valence-electron chi connectivity index (χ0n) is 13.8. The molecule has 1 saturated heterocycles. The minimum absolute atomic E-state index is 0.124. The molecule has 5 nitrogen and oxygen atoms in total. The highest BCUT2D eigenvalue weighted by atomic mass is 16.5. The third-order valence-electron chi connectivity index (χ3n) is 3.99. The van der Waals surface area contributed by atoms with Crippen LogP contribution < -0.4 is 10.1 Å². The van der Waals surface area contributed by atoms with Gasteiger partial charge in [0.1, 0.15) is 5.75 Å². The number of carbonyl (C=O) groups is 2. The smallest absolute Gasteiger partial charge is 0.244 e. The minimum atomic E-state index is -0.174. The molecule has 0 spiro atoms. The molecular formula is C18H24N2O3. The molecule has 1 aliphatic rings. The molecule has 0 unspecified atom stereocenters. The van der Waals surface area contributed by atoms with Crippen molar-refractivity contribution in [3.8, 4) is 5.75 Å². The van der Waals surface area contributed by atoms with E-state index >= 15 is 0 Å². The summed E-state index contributed by atoms with van der Waals surface area (Å²) in [5, 5.41) is 2.77. The van der Waals surface area contributed by atoms with Crippen LogP contribution in [0.15, 0.2) is 30.3 Å². The van der Waals surface area contributed by atoms with E-state index < -0.39 is 0 Å². The van der Waals surface area contributed by atoms with Crippen LogP contribution >= 0.6 is 0 Å². The number of nitrogens with one attached hydrogen (secondary N) is 1. The second kappa shape index (κ2) is 8.36. The topological polar surface area (TPSA) is 58.6 Å². The van der Waals surface area contributed by atoms with E-state index in [1.807, 2.05) is 36.1 Å². The molecule has 1 fully saturated rings. The average Bonchev–Trinajstić information content (AvgIpc) is 3.09. The predicted octanol–water partition coefficient (Wildman–Crippen LogP) is 2.23. The second-order valence-corrected chi connectivity index (χ2v) is 5.68. The number of carbonyl (C=O) groups excluding carboxylic acids is 2. The molecule has 1 aromatic rings. The Morgan fingerprint density at radius 3 is 2.48 bits per heavy atom. The third-order valence-corrected chi connectivity index (χ3v) is 3.99. The maximum Gasteiger partial charge on any atom is 0.244 e. The summed E-state index contributed by atoms with van der Waals surface area (Å²) in [6.45, 7) is 3.96. The molecule has 5 heteroatoms. The first-order chi connectivity index (χ1) is 11.1. The summed E-state index contributed by atoms with van der Waals surface area (Å²) < 4.78 is 5.11. The van der Waals surface area contributed by atoms with Crippen molar-refractivity contribution in [1.29, 1.82) is 0 Å². The first-order valence-electron chi connectivity index (χ1n) is 7.98. The van der Waals surface area contributed by atoms with Gasteiger partial charge < -0.3 is 15.0 Å². The monoisotopic (exact) mass is 316 g/mol. The lowest BCUT2D eigenvalue weighted by atomic mass is 10.1. The van der Waals surface area contributed by atoms with Gasteiger partial charge in [-0.3, -0.25) is 9.59 Å². The number of likely N-dealkylation sites (tertiary alicyclic amines) is 1. The van der Waals surface area contributed by atoms with Crippen molar-refractivity contribution in [2.45, 2.75) is 26.2 Å². The Morgan fingerprint density at radius 2 is 1.87 bits per heavy atom. The van der Waals surface area contributed by atoms with Gasteiger partial charge in [0.15, 0.2) is 0 Å². The quantitative estimate of drug-likeness (QED) is 0.819. The molecule has 0 radical (unpaired) electrons. The summed E-state index contributed by atoms with van der Waals surface area (Å²) in [4.78, 5) is 25.7. The molecular weight excluding hydrogens is 292 g/mol. The SMILES string of the molecule is COc1ccc(/C(C)=C/C(=O)NCCC(=O)N2CCCC2)cc1. The molecule has 1 aromatic carbocycles. The van der Waals surface area contributed by atoms with E-state index in [0.29, 0.717) is 13.0 Å². The first-order valence-corrected chi connectivity index (χ1v) is 7.98. The largest absolute Gasteiger partial charge is 0.497 e. The molecule has 2 rings (SSSR count). The highest BCUT2D eigenvalue weighted by molar-refractivity contribution is 5.95. The van der Waals surface area contributed by atoms with E-state index in [9.17, 15) is 9.59 Å². The van der Waals surface area contributed by atoms with E-state index in [-0.39, 0.29) is 11.8 Å². The summed E-state index contributed by atoms with van der Waals surface area (Å²) in [7, 11) is 1.62. The molecule has 1 heterocycles. The fourth-order valence-electron chi connectivity index (χ4n) is 2.60. The van der Waals surface area contributed by atoms with Gasteiger partial charge in [0, 0.05) is 32.1 Å². The van der Waals surface area contributed by atoms with Crippen LogP contribution in [0.3, 0.4) is 0 Å². The van der Waals surface area contributed by atoms with Gasteiger partial charge in [-0.1, -0.05) is 12.1 Å². The molecule has 0 aliphatic carbocycles. The second-order valence-electron chi connectivity index (χ2n) is 5.68. The molecule has 23 heavy (non-hydrogen) atoms. The number of rotatable bonds is 6. The number of amides is 2. The Morgan fingerprint density at radius 1 is 1.22 bits per heavy atom. The van der Waals surface area contributed by atoms with Gasteiger partial charge >= 0.3 is 0 Å². The van der Waals surface area contributed by atoms with Crippen molar-refractivity contribution in [3.05, 3.63) is 35.9 Å². The molecule has 0 saturated carbocycles. The summed E-state index contributed by atoms with van der Waals surface area (Å²) in [5.41, 5.74) is 1.84. The van der Waals surface area contributed by atoms with E-state index in [4.69, 9.17) is 4.74 Å². The predicted molar refractivity (Wildman–Crippen MR) is 90.1 cm³/mol. The first kappa shape index (κ1) is 17.1. The molecule has 2 amide bonds. The number of allylic oxidation sites excluding steroid dienone is 1. The number of nitrogens with zero attached hydrogens (tertiary/aromatic N) is 1. The van der Waals surface area contributed by atoms with Crippen LogP contribution in [-0.2, 0) is 9.59 Å². The number of methoxy groups -OCH3 is 1. The average molecular weight is 316 g/mol. The lowest BCUT2D eigenvalue weighted by Crippen LogP contribution is -2.32. The summed E-state index contributed by atoms with van der Waals surface area (Å²) >= 11 is 0. The minimum Gasteiger partial charge on any atom is -0.497 e. The Hall–Kier alpha value is -2.30. The zero-order chi connectivity index (χ0) is 16.7. The fraction of sp³-hybridized carbons (Fsp3) is 0.444. The van der Waals surface area contributed by atoms with E-state index in [1.165, 1.54) is 0 Å². The normalized spacial score (nSPS) is 14.7. The van der Waals surface area contributed by atoms with Crippen LogP contribution in [0.2, 0.25) is 0 Å². The maximum absolute atomic E-state index is 11.9. The van der Waals surface area contributed by atoms with Gasteiger partial charge in [0.25, 0.3) is 0 Å². The lowest BCUT2D eigenvalue weighted by Gasteiger charge is -2.14. The highest BCUT2D eigenvalue weighted by Gasteiger charge is 2.17. The third kappa shape index (κ3) is 5.13. The summed E-state index contributed by atoms with van der Waals surface area (Å²) in [5.74, 6) is 0.734. The molecule has 124 valence electrons. The van der Waals surface area contributed by atoms with Crippen molar-refractivity contribution >= 4 is 17.4 Å². The Balaban J connectivity index is 1.79. The fourth-order valence-corrected chi connectivity index (χ4v) is 2.60. The van der Waals surface area contributed by atoms with Gasteiger partial charge in [-0.05, 0) is 43.0 Å². The van der Waals surface area contributed by atoms with Crippen LogP contribution in [0.4, 0.5) is 0 Å². The standard InChI is InChI=1S/C18H24N2O3/c1-14(15-5-7-16(23-2)8-6-15)13-17(21)19-10-9-18(22)20-11-3-4-12-20/h5-8,13H,3-4,9-12H2,1-2H3,(H,19,21)/b14-13+. The van der Waals surface area contributed by atoms with E-state index in [1.54, 1.807) is 13.2 Å². The van der Waals surface area contributed by atoms with Gasteiger partial charge in [-0.25, -0.2) is 0 Å². The van der Waals surface area contributed by atoms with Gasteiger partial charge in [0.2, 0.25) is 11.8 Å². The molecule has 1 N–H and O–H groups in total. The van der Waals surface area contributed by atoms with E-state index in [2.05, 4.69) is 5.32 Å². The maximum atomic E-state index is 11.9. The molecule has 0 bridgehead atoms. The van der Waals surface area contributed by atoms with Crippen LogP contribution in [0, 0.1) is 0 Å². The van der Waals surface area contributed by atoms with Crippen molar-refractivity contribution < 1.29 is 14.3 Å². The highest BCUT2D eigenvalue weighted by Crippen LogP contribution is 2.17. The van der Waals surface area contributed by atoms with Crippen molar-refractivity contribution in [1.82, 2.24) is 10.2 Å². The Kier molecular flexibility index (Phi) is 6.20. The van der Waals surface area contributed by atoms with Crippen molar-refractivity contribution in [3.63, 3.8) is 0 Å². The van der Waals surface area contributed by atoms with Crippen LogP contribution in [0.25, 0.3) is 5.57 Å². The number of ether oxygens (including phenoxy) is 1. The van der Waals surface area contributed by atoms with E-state index in [0.717, 1.165) is 42.8 Å². The number of hydrogen-bond donors (Lipinski definition) is 1. The van der Waals surface area contributed by atoms with Crippen molar-refractivity contribution in [2.75, 3.05) is 26.7 Å². The Bertz CT molecular complexity index is 572. The lowest BCUT2D eigenvalue weighted by molar-refractivity contribution is -0.130. The Labute approximate surface area is 137 Å². The van der Waals surface area contributed by atoms with Crippen LogP contribution in [0.5, 0.6) is 5.75 Å². The van der Waals surface area contributed by atoms with Gasteiger partial charge in [-0.2, -0.15) is 0 Å². The molecule has 0 aromatic heterocycles. The van der Waals surface area contributed by atoms with Gasteiger partial charge in [0.05, 0.1) is 7.11 Å². The number of hydrogen-bond acceptors (Lipinski definition) is 3. The molecule has 0 atom stereocenters. The zero-order valence-corrected chi connectivity index (χ0v) is 13.8. The van der Waals surface area contributed by atoms with Crippen molar-refractivity contribution in [2.24, 2.45) is 0 Å². The van der Waals surface area contributed by atoms with Gasteiger partial charge in [-0.15, -0.1) is 0 Å². The number of benzene rings is 1. The summed E-state index contributed by atoms with van der Waals surface area (Å²) in [6.07, 6.45) is 4.09. The molecule has 1 aliphatic heterocycles. The van der Waals surface area contributed by atoms with Crippen LogP contribution in [-0.4, -0.2) is 43.5 Å². The summed E-state index contributed by atoms with van der Waals surface area (Å²) in [6, 6.07) is 7.54.